The number of nitrogens with zero attached hydrogens (tertiary/aromatic N) is 2. The van der Waals surface area contributed by atoms with Gasteiger partial charge in [-0.25, -0.2) is 4.98 Å². The summed E-state index contributed by atoms with van der Waals surface area (Å²) in [6.07, 6.45) is 2.93. The Kier molecular flexibility index (Phi) is 6.26. The van der Waals surface area contributed by atoms with E-state index in [1.807, 2.05) is 48.7 Å². The Morgan fingerprint density at radius 2 is 1.89 bits per heavy atom. The summed E-state index contributed by atoms with van der Waals surface area (Å²) in [5.41, 5.74) is 3.30. The Balaban J connectivity index is 1.54. The Morgan fingerprint density at radius 3 is 2.67 bits per heavy atom. The molecular formula is C22H25N3O2. The second-order valence-electron chi connectivity index (χ2n) is 6.52. The standard InChI is InChI=1S/C22H25N3O2/c1-17-15-24-21(25(17)16-18-7-4-3-5-8-18)11-12-23-22(26)14-19-9-6-10-20(13-19)27-2/h3-10,13,15H,11-12,14,16H2,1-2H3,(H,23,26). The van der Waals surface area contributed by atoms with E-state index >= 15 is 0 Å². The van der Waals surface area contributed by atoms with Gasteiger partial charge in [0.25, 0.3) is 0 Å². The molecule has 3 rings (SSSR count). The average molecular weight is 363 g/mol. The van der Waals surface area contributed by atoms with E-state index in [-0.39, 0.29) is 5.91 Å². The normalized spacial score (nSPS) is 10.6. The van der Waals surface area contributed by atoms with Crippen LogP contribution >= 0.6 is 0 Å². The zero-order chi connectivity index (χ0) is 19.1. The van der Waals surface area contributed by atoms with E-state index in [0.717, 1.165) is 29.4 Å². The largest absolute Gasteiger partial charge is 0.497 e. The number of ether oxygens (including phenoxy) is 1. The van der Waals surface area contributed by atoms with E-state index in [1.54, 1.807) is 7.11 Å². The van der Waals surface area contributed by atoms with Gasteiger partial charge in [0.1, 0.15) is 11.6 Å². The molecule has 3 aromatic rings. The van der Waals surface area contributed by atoms with E-state index in [4.69, 9.17) is 4.74 Å². The van der Waals surface area contributed by atoms with Crippen LogP contribution in [0, 0.1) is 6.92 Å². The summed E-state index contributed by atoms with van der Waals surface area (Å²) in [6.45, 7) is 3.41. The van der Waals surface area contributed by atoms with Crippen LogP contribution in [0.15, 0.2) is 60.8 Å². The first kappa shape index (κ1) is 18.7. The van der Waals surface area contributed by atoms with Crippen molar-refractivity contribution in [2.75, 3.05) is 13.7 Å². The molecule has 2 aromatic carbocycles. The Bertz CT molecular complexity index is 888. The number of imidazole rings is 1. The minimum absolute atomic E-state index is 0.00106. The molecule has 0 aliphatic carbocycles. The van der Waals surface area contributed by atoms with Crippen molar-refractivity contribution in [3.63, 3.8) is 0 Å². The monoisotopic (exact) mass is 363 g/mol. The second kappa shape index (κ2) is 9.03. The lowest BCUT2D eigenvalue weighted by molar-refractivity contribution is -0.120. The van der Waals surface area contributed by atoms with Gasteiger partial charge in [-0.1, -0.05) is 42.5 Å². The lowest BCUT2D eigenvalue weighted by Gasteiger charge is -2.11. The van der Waals surface area contributed by atoms with Crippen molar-refractivity contribution in [2.45, 2.75) is 26.3 Å². The summed E-state index contributed by atoms with van der Waals surface area (Å²) in [5.74, 6) is 1.75. The van der Waals surface area contributed by atoms with Crippen LogP contribution in [0.5, 0.6) is 5.75 Å². The van der Waals surface area contributed by atoms with Crippen LogP contribution < -0.4 is 10.1 Å². The fraction of sp³-hybridized carbons (Fsp3) is 0.273. The van der Waals surface area contributed by atoms with Crippen LogP contribution in [-0.2, 0) is 24.2 Å². The number of aryl methyl sites for hydroxylation is 1. The van der Waals surface area contributed by atoms with E-state index in [1.165, 1.54) is 5.56 Å². The van der Waals surface area contributed by atoms with Gasteiger partial charge in [0.15, 0.2) is 0 Å². The quantitative estimate of drug-likeness (QED) is 0.669. The maximum Gasteiger partial charge on any atom is 0.224 e. The number of carbonyl (C=O) groups is 1. The molecule has 5 nitrogen and oxygen atoms in total. The van der Waals surface area contributed by atoms with Gasteiger partial charge in [-0.3, -0.25) is 4.79 Å². The number of nitrogens with one attached hydrogen (secondary N) is 1. The lowest BCUT2D eigenvalue weighted by atomic mass is 10.1. The summed E-state index contributed by atoms with van der Waals surface area (Å²) >= 11 is 0. The van der Waals surface area contributed by atoms with E-state index in [2.05, 4.69) is 33.9 Å². The molecule has 0 fully saturated rings. The molecule has 27 heavy (non-hydrogen) atoms. The third kappa shape index (κ3) is 5.20. The molecule has 0 bridgehead atoms. The number of methoxy groups -OCH3 is 1. The molecule has 0 aliphatic rings. The molecule has 0 radical (unpaired) electrons. The van der Waals surface area contributed by atoms with Crippen molar-refractivity contribution in [1.29, 1.82) is 0 Å². The molecule has 0 saturated heterocycles. The molecule has 0 atom stereocenters. The van der Waals surface area contributed by atoms with Gasteiger partial charge in [-0.15, -0.1) is 0 Å². The smallest absolute Gasteiger partial charge is 0.224 e. The van der Waals surface area contributed by atoms with Crippen LogP contribution in [0.3, 0.4) is 0 Å². The highest BCUT2D eigenvalue weighted by molar-refractivity contribution is 5.78. The third-order valence-corrected chi connectivity index (χ3v) is 4.49. The predicted octanol–water partition coefficient (Wildman–Crippen LogP) is 3.15. The summed E-state index contributed by atoms with van der Waals surface area (Å²) < 4.78 is 7.39. The van der Waals surface area contributed by atoms with Gasteiger partial charge < -0.3 is 14.6 Å². The Labute approximate surface area is 160 Å². The third-order valence-electron chi connectivity index (χ3n) is 4.49. The highest BCUT2D eigenvalue weighted by Crippen LogP contribution is 2.13. The first-order chi connectivity index (χ1) is 13.2. The van der Waals surface area contributed by atoms with Crippen molar-refractivity contribution < 1.29 is 9.53 Å². The maximum atomic E-state index is 12.2. The zero-order valence-corrected chi connectivity index (χ0v) is 15.8. The number of benzene rings is 2. The topological polar surface area (TPSA) is 56.1 Å². The van der Waals surface area contributed by atoms with E-state index in [9.17, 15) is 4.79 Å². The number of amides is 1. The van der Waals surface area contributed by atoms with E-state index < -0.39 is 0 Å². The fourth-order valence-corrected chi connectivity index (χ4v) is 3.04. The van der Waals surface area contributed by atoms with Crippen molar-refractivity contribution in [3.8, 4) is 5.75 Å². The van der Waals surface area contributed by atoms with Crippen molar-refractivity contribution in [2.24, 2.45) is 0 Å². The lowest BCUT2D eigenvalue weighted by Crippen LogP contribution is -2.28. The van der Waals surface area contributed by atoms with Gasteiger partial charge in [0, 0.05) is 31.4 Å². The summed E-state index contributed by atoms with van der Waals surface area (Å²) in [6, 6.07) is 17.9. The van der Waals surface area contributed by atoms with Crippen LogP contribution in [0.1, 0.15) is 22.6 Å². The van der Waals surface area contributed by atoms with Crippen LogP contribution in [-0.4, -0.2) is 29.1 Å². The van der Waals surface area contributed by atoms with Gasteiger partial charge in [0.05, 0.1) is 13.5 Å². The molecule has 1 N–H and O–H groups in total. The summed E-state index contributed by atoms with van der Waals surface area (Å²) in [7, 11) is 1.62. The molecule has 5 heteroatoms. The minimum Gasteiger partial charge on any atom is -0.497 e. The Morgan fingerprint density at radius 1 is 1.11 bits per heavy atom. The minimum atomic E-state index is 0.00106. The predicted molar refractivity (Wildman–Crippen MR) is 106 cm³/mol. The van der Waals surface area contributed by atoms with Gasteiger partial charge in [0.2, 0.25) is 5.91 Å². The van der Waals surface area contributed by atoms with Gasteiger partial charge in [-0.05, 0) is 30.2 Å². The van der Waals surface area contributed by atoms with Gasteiger partial charge in [-0.2, -0.15) is 0 Å². The highest BCUT2D eigenvalue weighted by atomic mass is 16.5. The SMILES string of the molecule is COc1cccc(CC(=O)NCCc2ncc(C)n2Cc2ccccc2)c1. The molecule has 1 aromatic heterocycles. The molecule has 1 amide bonds. The zero-order valence-electron chi connectivity index (χ0n) is 15.8. The first-order valence-electron chi connectivity index (χ1n) is 9.10. The molecule has 0 unspecified atom stereocenters. The Hall–Kier alpha value is -3.08. The van der Waals surface area contributed by atoms with Crippen LogP contribution in [0.4, 0.5) is 0 Å². The maximum absolute atomic E-state index is 12.2. The fourth-order valence-electron chi connectivity index (χ4n) is 3.04. The number of rotatable bonds is 8. The summed E-state index contributed by atoms with van der Waals surface area (Å²) in [4.78, 5) is 16.7. The van der Waals surface area contributed by atoms with Crippen LogP contribution in [0.2, 0.25) is 0 Å². The number of aromatic nitrogens is 2. The van der Waals surface area contributed by atoms with Gasteiger partial charge >= 0.3 is 0 Å². The second-order valence-corrected chi connectivity index (χ2v) is 6.52. The number of carbonyl (C=O) groups excluding carboxylic acids is 1. The van der Waals surface area contributed by atoms with Crippen molar-refractivity contribution in [3.05, 3.63) is 83.4 Å². The molecule has 0 saturated carbocycles. The number of hydrogen-bond donors (Lipinski definition) is 1. The number of hydrogen-bond acceptors (Lipinski definition) is 3. The average Bonchev–Trinajstić information content (AvgIpc) is 3.02. The summed E-state index contributed by atoms with van der Waals surface area (Å²) in [5, 5.41) is 2.98. The van der Waals surface area contributed by atoms with E-state index in [0.29, 0.717) is 19.4 Å². The molecule has 0 aliphatic heterocycles. The molecular weight excluding hydrogens is 338 g/mol. The highest BCUT2D eigenvalue weighted by Gasteiger charge is 2.09. The molecule has 0 spiro atoms. The van der Waals surface area contributed by atoms with Crippen LogP contribution in [0.25, 0.3) is 0 Å². The first-order valence-corrected chi connectivity index (χ1v) is 9.10. The van der Waals surface area contributed by atoms with Crippen molar-refractivity contribution in [1.82, 2.24) is 14.9 Å². The molecule has 1 heterocycles. The van der Waals surface area contributed by atoms with Crippen molar-refractivity contribution >= 4 is 5.91 Å². The molecule has 140 valence electrons.